The molecule has 0 aliphatic heterocycles. The predicted molar refractivity (Wildman–Crippen MR) is 108 cm³/mol. The van der Waals surface area contributed by atoms with Crippen LogP contribution in [0.1, 0.15) is 16.8 Å². The average molecular weight is 399 g/mol. The fraction of sp³-hybridized carbons (Fsp3) is 0.211. The summed E-state index contributed by atoms with van der Waals surface area (Å²) in [7, 11) is -2.10. The second-order valence-electron chi connectivity index (χ2n) is 6.27. The standard InChI is InChI=1S/C19H21N5O3S/c1-12-13(2)23-18(24-19(12)25)15-7-8-17(22-11-15)21-10-14-5-4-6-16(9-14)28(26,27)20-3/h4-9,11,20H,10H2,1-3H3,(H,21,22)(H,23,24,25). The van der Waals surface area contributed by atoms with Gasteiger partial charge in [0.15, 0.2) is 0 Å². The molecule has 2 aromatic heterocycles. The third-order valence-electron chi connectivity index (χ3n) is 4.38. The summed E-state index contributed by atoms with van der Waals surface area (Å²) in [6.45, 7) is 3.94. The van der Waals surface area contributed by atoms with Crippen LogP contribution in [0.3, 0.4) is 0 Å². The smallest absolute Gasteiger partial charge is 0.254 e. The molecule has 0 amide bonds. The summed E-state index contributed by atoms with van der Waals surface area (Å²) in [4.78, 5) is 23.6. The van der Waals surface area contributed by atoms with E-state index in [4.69, 9.17) is 0 Å². The number of aryl methyl sites for hydroxylation is 1. The number of nitrogens with zero attached hydrogens (tertiary/aromatic N) is 2. The van der Waals surface area contributed by atoms with E-state index in [0.29, 0.717) is 35.0 Å². The van der Waals surface area contributed by atoms with Crippen molar-refractivity contribution in [3.8, 4) is 11.4 Å². The van der Waals surface area contributed by atoms with E-state index in [-0.39, 0.29) is 10.5 Å². The van der Waals surface area contributed by atoms with Crippen molar-refractivity contribution in [2.24, 2.45) is 0 Å². The maximum atomic E-state index is 11.9. The highest BCUT2D eigenvalue weighted by atomic mass is 32.2. The fourth-order valence-electron chi connectivity index (χ4n) is 2.55. The Morgan fingerprint density at radius 1 is 1.14 bits per heavy atom. The van der Waals surface area contributed by atoms with Crippen molar-refractivity contribution in [2.45, 2.75) is 25.3 Å². The molecule has 3 aromatic rings. The summed E-state index contributed by atoms with van der Waals surface area (Å²) >= 11 is 0. The maximum Gasteiger partial charge on any atom is 0.254 e. The Morgan fingerprint density at radius 2 is 1.93 bits per heavy atom. The molecule has 9 heteroatoms. The molecule has 1 aromatic carbocycles. The molecule has 0 bridgehead atoms. The van der Waals surface area contributed by atoms with Crippen LogP contribution in [-0.2, 0) is 16.6 Å². The van der Waals surface area contributed by atoms with Gasteiger partial charge in [0.25, 0.3) is 5.56 Å². The first-order valence-electron chi connectivity index (χ1n) is 8.60. The van der Waals surface area contributed by atoms with Crippen molar-refractivity contribution < 1.29 is 8.42 Å². The summed E-state index contributed by atoms with van der Waals surface area (Å²) in [6, 6.07) is 10.3. The topological polar surface area (TPSA) is 117 Å². The van der Waals surface area contributed by atoms with Crippen molar-refractivity contribution >= 4 is 15.8 Å². The van der Waals surface area contributed by atoms with Crippen molar-refractivity contribution in [2.75, 3.05) is 12.4 Å². The number of aromatic nitrogens is 3. The lowest BCUT2D eigenvalue weighted by Gasteiger charge is -2.09. The highest BCUT2D eigenvalue weighted by Gasteiger charge is 2.11. The molecule has 0 aliphatic carbocycles. The number of hydrogen-bond donors (Lipinski definition) is 3. The van der Waals surface area contributed by atoms with Crippen LogP contribution >= 0.6 is 0 Å². The maximum absolute atomic E-state index is 11.9. The number of nitrogens with one attached hydrogen (secondary N) is 3. The average Bonchev–Trinajstić information content (AvgIpc) is 2.70. The first-order chi connectivity index (χ1) is 13.3. The van der Waals surface area contributed by atoms with Gasteiger partial charge in [0.1, 0.15) is 11.6 Å². The Hall–Kier alpha value is -3.04. The van der Waals surface area contributed by atoms with Crippen LogP contribution in [0.25, 0.3) is 11.4 Å². The predicted octanol–water partition coefficient (Wildman–Crippen LogP) is 1.97. The van der Waals surface area contributed by atoms with Crippen LogP contribution in [0.4, 0.5) is 5.82 Å². The van der Waals surface area contributed by atoms with E-state index >= 15 is 0 Å². The lowest BCUT2D eigenvalue weighted by atomic mass is 10.2. The summed E-state index contributed by atoms with van der Waals surface area (Å²) in [5.41, 5.74) is 2.62. The van der Waals surface area contributed by atoms with E-state index < -0.39 is 10.0 Å². The zero-order chi connectivity index (χ0) is 20.3. The van der Waals surface area contributed by atoms with Gasteiger partial charge >= 0.3 is 0 Å². The Morgan fingerprint density at radius 3 is 2.57 bits per heavy atom. The molecule has 0 unspecified atom stereocenters. The number of hydrogen-bond acceptors (Lipinski definition) is 6. The molecule has 2 heterocycles. The minimum atomic E-state index is -3.48. The molecule has 0 fully saturated rings. The minimum absolute atomic E-state index is 0.166. The van der Waals surface area contributed by atoms with Gasteiger partial charge in [-0.25, -0.2) is 23.1 Å². The van der Waals surface area contributed by atoms with Gasteiger partial charge in [-0.05, 0) is 50.7 Å². The molecule has 28 heavy (non-hydrogen) atoms. The van der Waals surface area contributed by atoms with Crippen molar-refractivity contribution in [1.82, 2.24) is 19.7 Å². The highest BCUT2D eigenvalue weighted by molar-refractivity contribution is 7.89. The zero-order valence-corrected chi connectivity index (χ0v) is 16.6. The van der Waals surface area contributed by atoms with Gasteiger partial charge in [-0.2, -0.15) is 0 Å². The molecule has 0 radical (unpaired) electrons. The lowest BCUT2D eigenvalue weighted by Crippen LogP contribution is -2.18. The third kappa shape index (κ3) is 4.26. The van der Waals surface area contributed by atoms with Crippen LogP contribution in [0.2, 0.25) is 0 Å². The number of rotatable bonds is 6. The van der Waals surface area contributed by atoms with E-state index in [1.54, 1.807) is 44.3 Å². The molecule has 146 valence electrons. The summed E-state index contributed by atoms with van der Waals surface area (Å²) in [5.74, 6) is 1.09. The van der Waals surface area contributed by atoms with Crippen LogP contribution in [0.5, 0.6) is 0 Å². The Labute approximate surface area is 163 Å². The molecule has 0 spiro atoms. The molecule has 0 atom stereocenters. The monoisotopic (exact) mass is 399 g/mol. The largest absolute Gasteiger partial charge is 0.366 e. The normalized spacial score (nSPS) is 11.4. The van der Waals surface area contributed by atoms with Crippen LogP contribution < -0.4 is 15.6 Å². The van der Waals surface area contributed by atoms with E-state index in [0.717, 1.165) is 5.56 Å². The number of H-pyrrole nitrogens is 1. The number of anilines is 1. The van der Waals surface area contributed by atoms with Gasteiger partial charge in [-0.1, -0.05) is 12.1 Å². The number of benzene rings is 1. The lowest BCUT2D eigenvalue weighted by molar-refractivity contribution is 0.588. The second kappa shape index (κ2) is 7.91. The molecule has 3 rings (SSSR count). The number of sulfonamides is 1. The summed E-state index contributed by atoms with van der Waals surface area (Å²) < 4.78 is 26.1. The third-order valence-corrected chi connectivity index (χ3v) is 5.79. The van der Waals surface area contributed by atoms with Crippen molar-refractivity contribution in [3.63, 3.8) is 0 Å². The first-order valence-corrected chi connectivity index (χ1v) is 10.1. The van der Waals surface area contributed by atoms with E-state index in [1.807, 2.05) is 12.1 Å². The van der Waals surface area contributed by atoms with Crippen LogP contribution in [0, 0.1) is 13.8 Å². The van der Waals surface area contributed by atoms with Gasteiger partial charge in [-0.15, -0.1) is 0 Å². The Kier molecular flexibility index (Phi) is 5.57. The van der Waals surface area contributed by atoms with E-state index in [9.17, 15) is 13.2 Å². The first kappa shape index (κ1) is 19.7. The van der Waals surface area contributed by atoms with Crippen molar-refractivity contribution in [1.29, 1.82) is 0 Å². The van der Waals surface area contributed by atoms with E-state index in [2.05, 4.69) is 25.0 Å². The highest BCUT2D eigenvalue weighted by Crippen LogP contribution is 2.17. The van der Waals surface area contributed by atoms with Crippen molar-refractivity contribution in [3.05, 3.63) is 69.8 Å². The van der Waals surface area contributed by atoms with Gasteiger partial charge in [0.2, 0.25) is 10.0 Å². The molecular formula is C19H21N5O3S. The van der Waals surface area contributed by atoms with Gasteiger partial charge in [0, 0.05) is 29.6 Å². The van der Waals surface area contributed by atoms with Gasteiger partial charge in [0.05, 0.1) is 4.90 Å². The summed E-state index contributed by atoms with van der Waals surface area (Å²) in [5, 5.41) is 3.15. The molecule has 0 saturated carbocycles. The fourth-order valence-corrected chi connectivity index (χ4v) is 3.35. The minimum Gasteiger partial charge on any atom is -0.366 e. The molecule has 0 aliphatic rings. The second-order valence-corrected chi connectivity index (χ2v) is 8.15. The SMILES string of the molecule is CNS(=O)(=O)c1cccc(CNc2ccc(-c3nc(C)c(C)c(=O)[nH]3)cn2)c1. The summed E-state index contributed by atoms with van der Waals surface area (Å²) in [6.07, 6.45) is 1.62. The molecule has 3 N–H and O–H groups in total. The van der Waals surface area contributed by atoms with Crippen LogP contribution in [0.15, 0.2) is 52.3 Å². The number of aromatic amines is 1. The van der Waals surface area contributed by atoms with Gasteiger partial charge < -0.3 is 10.3 Å². The zero-order valence-electron chi connectivity index (χ0n) is 15.8. The quantitative estimate of drug-likeness (QED) is 0.583. The van der Waals surface area contributed by atoms with Crippen LogP contribution in [-0.4, -0.2) is 30.4 Å². The molecule has 0 saturated heterocycles. The van der Waals surface area contributed by atoms with E-state index in [1.165, 1.54) is 7.05 Å². The molecule has 8 nitrogen and oxygen atoms in total. The molecular weight excluding hydrogens is 378 g/mol. The Bertz CT molecular complexity index is 1150. The Balaban J connectivity index is 1.74. The van der Waals surface area contributed by atoms with Gasteiger partial charge in [-0.3, -0.25) is 4.79 Å². The number of pyridine rings is 1.